The molecule has 3 rings (SSSR count). The average molecular weight is 491 g/mol. The molecule has 32 heavy (non-hydrogen) atoms. The van der Waals surface area contributed by atoms with Crippen LogP contribution in [-0.2, 0) is 21.4 Å². The molecule has 0 bridgehead atoms. The third-order valence-electron chi connectivity index (χ3n) is 4.25. The van der Waals surface area contributed by atoms with Crippen LogP contribution in [0.25, 0.3) is 10.6 Å². The van der Waals surface area contributed by atoms with E-state index in [4.69, 9.17) is 0 Å². The van der Waals surface area contributed by atoms with Gasteiger partial charge in [-0.05, 0) is 37.3 Å². The van der Waals surface area contributed by atoms with Crippen LogP contribution in [0, 0.1) is 6.92 Å². The summed E-state index contributed by atoms with van der Waals surface area (Å²) < 4.78 is 27.0. The van der Waals surface area contributed by atoms with Gasteiger partial charge >= 0.3 is 0 Å². The molecule has 3 aromatic rings. The van der Waals surface area contributed by atoms with Crippen molar-refractivity contribution >= 4 is 49.6 Å². The second-order valence-electron chi connectivity index (χ2n) is 6.72. The molecule has 2 aromatic heterocycles. The number of aryl methyl sites for hydroxylation is 1. The van der Waals surface area contributed by atoms with Crippen molar-refractivity contribution in [1.82, 2.24) is 15.0 Å². The zero-order valence-corrected chi connectivity index (χ0v) is 19.9. The van der Waals surface area contributed by atoms with Gasteiger partial charge in [0.15, 0.2) is 5.13 Å². The molecule has 1 aromatic carbocycles. The normalized spacial score (nSPS) is 11.2. The van der Waals surface area contributed by atoms with E-state index in [1.165, 1.54) is 59.9 Å². The highest BCUT2D eigenvalue weighted by molar-refractivity contribution is 7.89. The van der Waals surface area contributed by atoms with Crippen molar-refractivity contribution in [3.63, 3.8) is 0 Å². The zero-order chi connectivity index (χ0) is 23.3. The summed E-state index contributed by atoms with van der Waals surface area (Å²) in [5.74, 6) is -0.549. The summed E-state index contributed by atoms with van der Waals surface area (Å²) in [6.07, 6.45) is 1.44. The number of anilines is 1. The summed E-state index contributed by atoms with van der Waals surface area (Å²) in [6, 6.07) is 9.65. The van der Waals surface area contributed by atoms with E-state index in [1.54, 1.807) is 0 Å². The van der Waals surface area contributed by atoms with E-state index in [0.717, 1.165) is 20.3 Å². The predicted octanol–water partition coefficient (Wildman–Crippen LogP) is 3.53. The molecule has 2 amide bonds. The number of rotatable bonds is 9. The van der Waals surface area contributed by atoms with Crippen molar-refractivity contribution in [1.29, 1.82) is 0 Å². The van der Waals surface area contributed by atoms with E-state index in [0.29, 0.717) is 11.7 Å². The number of hydrogen-bond donors (Lipinski definition) is 3. The predicted molar refractivity (Wildman–Crippen MR) is 127 cm³/mol. The van der Waals surface area contributed by atoms with Crippen molar-refractivity contribution < 1.29 is 18.0 Å². The SMILES string of the molecule is C=CCNS(=O)(=O)c1cccc(C(=O)Nc2nc(-c3ccc(CNC(C)=O)s3)c(C)s2)c1. The van der Waals surface area contributed by atoms with Crippen LogP contribution in [0.2, 0.25) is 0 Å². The van der Waals surface area contributed by atoms with E-state index in [1.807, 2.05) is 19.1 Å². The standard InChI is InChI=1S/C21H22N4O4S3/c1-4-10-23-32(28,29)17-7-5-6-15(11-17)20(27)25-21-24-19(13(2)30-21)18-9-8-16(31-18)12-22-14(3)26/h4-9,11,23H,1,10,12H2,2-3H3,(H,22,26)(H,24,25,27). The molecule has 0 aliphatic heterocycles. The summed E-state index contributed by atoms with van der Waals surface area (Å²) >= 11 is 2.85. The van der Waals surface area contributed by atoms with Gasteiger partial charge < -0.3 is 5.32 Å². The van der Waals surface area contributed by atoms with E-state index in [2.05, 4.69) is 26.9 Å². The Morgan fingerprint density at radius 1 is 1.19 bits per heavy atom. The zero-order valence-electron chi connectivity index (χ0n) is 17.5. The third-order valence-corrected chi connectivity index (χ3v) is 7.65. The van der Waals surface area contributed by atoms with E-state index >= 15 is 0 Å². The van der Waals surface area contributed by atoms with Crippen LogP contribution in [0.3, 0.4) is 0 Å². The molecule has 3 N–H and O–H groups in total. The van der Waals surface area contributed by atoms with E-state index in [-0.39, 0.29) is 22.9 Å². The van der Waals surface area contributed by atoms with Gasteiger partial charge in [0.2, 0.25) is 15.9 Å². The maximum Gasteiger partial charge on any atom is 0.257 e. The van der Waals surface area contributed by atoms with Crippen molar-refractivity contribution in [3.05, 3.63) is 64.4 Å². The number of nitrogens with zero attached hydrogens (tertiary/aromatic N) is 1. The average Bonchev–Trinajstić information content (AvgIpc) is 3.37. The molecule has 0 saturated heterocycles. The first-order chi connectivity index (χ1) is 15.2. The number of aromatic nitrogens is 1. The largest absolute Gasteiger partial charge is 0.351 e. The second-order valence-corrected chi connectivity index (χ2v) is 10.9. The Morgan fingerprint density at radius 3 is 2.69 bits per heavy atom. The fourth-order valence-corrected chi connectivity index (χ4v) is 5.64. The Bertz CT molecular complexity index is 1260. The summed E-state index contributed by atoms with van der Waals surface area (Å²) in [7, 11) is -3.74. The Labute approximate surface area is 194 Å². The van der Waals surface area contributed by atoms with Crippen LogP contribution >= 0.6 is 22.7 Å². The minimum Gasteiger partial charge on any atom is -0.351 e. The first kappa shape index (κ1) is 23.8. The van der Waals surface area contributed by atoms with Gasteiger partial charge in [-0.3, -0.25) is 14.9 Å². The topological polar surface area (TPSA) is 117 Å². The van der Waals surface area contributed by atoms with Crippen molar-refractivity contribution in [2.75, 3.05) is 11.9 Å². The first-order valence-corrected chi connectivity index (χ1v) is 12.6. The quantitative estimate of drug-likeness (QED) is 0.397. The number of nitrogens with one attached hydrogen (secondary N) is 3. The van der Waals surface area contributed by atoms with Crippen LogP contribution < -0.4 is 15.4 Å². The molecule has 0 aliphatic rings. The number of carbonyl (C=O) groups excluding carboxylic acids is 2. The monoisotopic (exact) mass is 490 g/mol. The highest BCUT2D eigenvalue weighted by Gasteiger charge is 2.18. The molecule has 0 atom stereocenters. The Hall–Kier alpha value is -2.86. The number of amides is 2. The lowest BCUT2D eigenvalue weighted by Gasteiger charge is -2.07. The number of hydrogen-bond acceptors (Lipinski definition) is 7. The Kier molecular flexibility index (Phi) is 7.56. The molecule has 168 valence electrons. The molecule has 0 fully saturated rings. The van der Waals surface area contributed by atoms with Crippen molar-refractivity contribution in [2.24, 2.45) is 0 Å². The first-order valence-electron chi connectivity index (χ1n) is 9.52. The molecule has 0 radical (unpaired) electrons. The van der Waals surface area contributed by atoms with E-state index in [9.17, 15) is 18.0 Å². The van der Waals surface area contributed by atoms with Crippen molar-refractivity contribution in [2.45, 2.75) is 25.3 Å². The van der Waals surface area contributed by atoms with Gasteiger partial charge in [-0.2, -0.15) is 0 Å². The molecule has 2 heterocycles. The van der Waals surface area contributed by atoms with Gasteiger partial charge in [0.05, 0.1) is 22.0 Å². The molecule has 0 saturated carbocycles. The van der Waals surface area contributed by atoms with Crippen LogP contribution in [0.5, 0.6) is 0 Å². The summed E-state index contributed by atoms with van der Waals surface area (Å²) in [4.78, 5) is 31.2. The van der Waals surface area contributed by atoms with Gasteiger partial charge in [-0.1, -0.05) is 12.1 Å². The molecular formula is C21H22N4O4S3. The lowest BCUT2D eigenvalue weighted by atomic mass is 10.2. The molecular weight excluding hydrogens is 468 g/mol. The summed E-state index contributed by atoms with van der Waals surface area (Å²) in [6.45, 7) is 7.41. The summed E-state index contributed by atoms with van der Waals surface area (Å²) in [5.41, 5.74) is 0.962. The smallest absolute Gasteiger partial charge is 0.257 e. The molecule has 11 heteroatoms. The second kappa shape index (κ2) is 10.2. The third kappa shape index (κ3) is 5.88. The van der Waals surface area contributed by atoms with Gasteiger partial charge in [0.25, 0.3) is 5.91 Å². The maximum atomic E-state index is 12.7. The lowest BCUT2D eigenvalue weighted by Crippen LogP contribution is -2.24. The van der Waals surface area contributed by atoms with Crippen molar-refractivity contribution in [3.8, 4) is 10.6 Å². The number of sulfonamides is 1. The molecule has 0 aliphatic carbocycles. The maximum absolute atomic E-state index is 12.7. The highest BCUT2D eigenvalue weighted by Crippen LogP contribution is 2.34. The molecule has 8 nitrogen and oxygen atoms in total. The fourth-order valence-electron chi connectivity index (χ4n) is 2.72. The Balaban J connectivity index is 1.75. The number of thiazole rings is 1. The fraction of sp³-hybridized carbons (Fsp3) is 0.190. The summed E-state index contributed by atoms with van der Waals surface area (Å²) in [5, 5.41) is 5.92. The van der Waals surface area contributed by atoms with Gasteiger partial charge in [-0.25, -0.2) is 18.1 Å². The minimum absolute atomic E-state index is 0.00621. The lowest BCUT2D eigenvalue weighted by molar-refractivity contribution is -0.119. The Morgan fingerprint density at radius 2 is 1.97 bits per heavy atom. The number of thiophene rings is 1. The molecule has 0 unspecified atom stereocenters. The van der Waals surface area contributed by atoms with Gasteiger partial charge in [-0.15, -0.1) is 29.3 Å². The van der Waals surface area contributed by atoms with Gasteiger partial charge in [0, 0.05) is 28.8 Å². The minimum atomic E-state index is -3.74. The van der Waals surface area contributed by atoms with Crippen LogP contribution in [-0.4, -0.2) is 31.8 Å². The van der Waals surface area contributed by atoms with E-state index < -0.39 is 15.9 Å². The van der Waals surface area contributed by atoms with Gasteiger partial charge in [0.1, 0.15) is 0 Å². The molecule has 0 spiro atoms. The highest BCUT2D eigenvalue weighted by atomic mass is 32.2. The number of benzene rings is 1. The van der Waals surface area contributed by atoms with Crippen LogP contribution in [0.15, 0.2) is 53.9 Å². The van der Waals surface area contributed by atoms with Crippen LogP contribution in [0.1, 0.15) is 27.0 Å². The number of carbonyl (C=O) groups is 2. The van der Waals surface area contributed by atoms with Crippen LogP contribution in [0.4, 0.5) is 5.13 Å².